The molecular formula is C15H21N5S. The number of benzene rings is 1. The van der Waals surface area contributed by atoms with Crippen molar-refractivity contribution in [1.82, 2.24) is 25.5 Å². The topological polar surface area (TPSA) is 55.6 Å². The first-order valence-corrected chi connectivity index (χ1v) is 8.56. The highest BCUT2D eigenvalue weighted by Gasteiger charge is 2.28. The first-order chi connectivity index (χ1) is 10.4. The Balaban J connectivity index is 1.65. The van der Waals surface area contributed by atoms with Gasteiger partial charge in [-0.05, 0) is 41.8 Å². The molecule has 0 saturated heterocycles. The molecule has 3 rings (SSSR count). The Morgan fingerprint density at radius 2 is 2.14 bits per heavy atom. The van der Waals surface area contributed by atoms with Gasteiger partial charge in [-0.3, -0.25) is 0 Å². The average molecular weight is 303 g/mol. The number of hydrogen-bond donors (Lipinski definition) is 1. The van der Waals surface area contributed by atoms with E-state index in [-0.39, 0.29) is 0 Å². The Morgan fingerprint density at radius 1 is 1.33 bits per heavy atom. The van der Waals surface area contributed by atoms with Gasteiger partial charge in [0.1, 0.15) is 0 Å². The Morgan fingerprint density at radius 3 is 2.86 bits per heavy atom. The molecule has 21 heavy (non-hydrogen) atoms. The zero-order valence-corrected chi connectivity index (χ0v) is 13.1. The van der Waals surface area contributed by atoms with Crippen LogP contribution in [0.5, 0.6) is 0 Å². The molecule has 1 aromatic heterocycles. The van der Waals surface area contributed by atoms with Crippen molar-refractivity contribution in [3.05, 3.63) is 35.9 Å². The average Bonchev–Trinajstić information content (AvgIpc) is 3.27. The number of tetrazole rings is 1. The van der Waals surface area contributed by atoms with Crippen LogP contribution in [0, 0.1) is 0 Å². The van der Waals surface area contributed by atoms with E-state index in [4.69, 9.17) is 0 Å². The predicted octanol–water partition coefficient (Wildman–Crippen LogP) is 2.84. The summed E-state index contributed by atoms with van der Waals surface area (Å²) in [6.07, 6.45) is 3.54. The molecule has 1 N–H and O–H groups in total. The molecule has 1 aliphatic rings. The third-order valence-electron chi connectivity index (χ3n) is 3.58. The summed E-state index contributed by atoms with van der Waals surface area (Å²) in [6, 6.07) is 11.5. The summed E-state index contributed by atoms with van der Waals surface area (Å²) >= 11 is 1.74. The lowest BCUT2D eigenvalue weighted by atomic mass is 10.1. The van der Waals surface area contributed by atoms with Crippen LogP contribution in [-0.2, 0) is 0 Å². The van der Waals surface area contributed by atoms with Crippen LogP contribution >= 0.6 is 11.8 Å². The lowest BCUT2D eigenvalue weighted by molar-refractivity contribution is 0.559. The molecule has 112 valence electrons. The minimum Gasteiger partial charge on any atom is -0.309 e. The summed E-state index contributed by atoms with van der Waals surface area (Å²) in [7, 11) is 0. The molecule has 5 nitrogen and oxygen atoms in total. The van der Waals surface area contributed by atoms with Crippen LogP contribution in [0.2, 0.25) is 0 Å². The Hall–Kier alpha value is -1.40. The third-order valence-corrected chi connectivity index (χ3v) is 4.60. The summed E-state index contributed by atoms with van der Waals surface area (Å²) in [4.78, 5) is 0. The summed E-state index contributed by atoms with van der Waals surface area (Å²) < 4.78 is 1.98. The highest BCUT2D eigenvalue weighted by molar-refractivity contribution is 7.99. The Labute approximate surface area is 129 Å². The molecule has 0 spiro atoms. The van der Waals surface area contributed by atoms with E-state index in [0.717, 1.165) is 23.9 Å². The molecule has 0 amide bonds. The van der Waals surface area contributed by atoms with Gasteiger partial charge < -0.3 is 5.32 Å². The molecule has 1 fully saturated rings. The van der Waals surface area contributed by atoms with Crippen molar-refractivity contribution in [3.8, 4) is 0 Å². The number of rotatable bonds is 8. The van der Waals surface area contributed by atoms with Gasteiger partial charge in [0.25, 0.3) is 0 Å². The molecule has 1 saturated carbocycles. The highest BCUT2D eigenvalue weighted by atomic mass is 32.2. The van der Waals surface area contributed by atoms with Crippen LogP contribution in [0.3, 0.4) is 0 Å². The van der Waals surface area contributed by atoms with Gasteiger partial charge in [0.2, 0.25) is 5.16 Å². The number of nitrogens with zero attached hydrogens (tertiary/aromatic N) is 4. The second-order valence-corrected chi connectivity index (χ2v) is 6.35. The van der Waals surface area contributed by atoms with Crippen LogP contribution in [0.4, 0.5) is 0 Å². The van der Waals surface area contributed by atoms with Gasteiger partial charge in [0, 0.05) is 11.8 Å². The molecule has 1 aliphatic carbocycles. The van der Waals surface area contributed by atoms with Crippen molar-refractivity contribution in [2.75, 3.05) is 12.3 Å². The van der Waals surface area contributed by atoms with E-state index in [1.807, 2.05) is 4.68 Å². The highest BCUT2D eigenvalue weighted by Crippen LogP contribution is 2.36. The molecule has 6 heteroatoms. The van der Waals surface area contributed by atoms with Crippen molar-refractivity contribution in [3.63, 3.8) is 0 Å². The maximum Gasteiger partial charge on any atom is 0.209 e. The van der Waals surface area contributed by atoms with Gasteiger partial charge in [-0.15, -0.1) is 5.10 Å². The molecule has 0 radical (unpaired) electrons. The van der Waals surface area contributed by atoms with Crippen LogP contribution in [0.1, 0.15) is 43.8 Å². The second kappa shape index (κ2) is 7.04. The van der Waals surface area contributed by atoms with Crippen molar-refractivity contribution in [2.24, 2.45) is 0 Å². The van der Waals surface area contributed by atoms with E-state index in [1.54, 1.807) is 11.8 Å². The maximum atomic E-state index is 4.16. The molecule has 1 heterocycles. The predicted molar refractivity (Wildman–Crippen MR) is 84.3 cm³/mol. The monoisotopic (exact) mass is 303 g/mol. The minimum atomic E-state index is 0.334. The SMILES string of the molecule is CCCNC(CSc1nnnn1C1CC1)c1ccccc1. The van der Waals surface area contributed by atoms with Crippen LogP contribution < -0.4 is 5.32 Å². The van der Waals surface area contributed by atoms with Gasteiger partial charge in [0.05, 0.1) is 6.04 Å². The largest absolute Gasteiger partial charge is 0.309 e. The number of nitrogens with one attached hydrogen (secondary N) is 1. The van der Waals surface area contributed by atoms with E-state index in [1.165, 1.54) is 18.4 Å². The standard InChI is InChI=1S/C15H21N5S/c1-2-10-16-14(12-6-4-3-5-7-12)11-21-15-17-18-19-20(15)13-8-9-13/h3-7,13-14,16H,2,8-11H2,1H3. The third kappa shape index (κ3) is 3.83. The van der Waals surface area contributed by atoms with Gasteiger partial charge in [-0.2, -0.15) is 0 Å². The molecular weight excluding hydrogens is 282 g/mol. The summed E-state index contributed by atoms with van der Waals surface area (Å²) in [5, 5.41) is 16.6. The normalized spacial score (nSPS) is 16.0. The Bertz CT molecular complexity index is 552. The Kier molecular flexibility index (Phi) is 4.87. The van der Waals surface area contributed by atoms with Crippen LogP contribution in [0.25, 0.3) is 0 Å². The molecule has 0 bridgehead atoms. The van der Waals surface area contributed by atoms with E-state index >= 15 is 0 Å². The fourth-order valence-electron chi connectivity index (χ4n) is 2.26. The number of hydrogen-bond acceptors (Lipinski definition) is 5. The van der Waals surface area contributed by atoms with Crippen molar-refractivity contribution < 1.29 is 0 Å². The van der Waals surface area contributed by atoms with Gasteiger partial charge in [-0.1, -0.05) is 49.0 Å². The van der Waals surface area contributed by atoms with Crippen LogP contribution in [-0.4, -0.2) is 32.5 Å². The number of aromatic nitrogens is 4. The fraction of sp³-hybridized carbons (Fsp3) is 0.533. The first kappa shape index (κ1) is 14.5. The van der Waals surface area contributed by atoms with Gasteiger partial charge in [0.15, 0.2) is 0 Å². The van der Waals surface area contributed by atoms with Crippen LogP contribution in [0.15, 0.2) is 35.5 Å². The van der Waals surface area contributed by atoms with Crippen molar-refractivity contribution in [1.29, 1.82) is 0 Å². The summed E-state index contributed by atoms with van der Waals surface area (Å²) in [6.45, 7) is 3.21. The zero-order chi connectivity index (χ0) is 14.5. The molecule has 1 aromatic carbocycles. The second-order valence-electron chi connectivity index (χ2n) is 5.37. The maximum absolute atomic E-state index is 4.16. The van der Waals surface area contributed by atoms with E-state index in [0.29, 0.717) is 12.1 Å². The van der Waals surface area contributed by atoms with E-state index in [9.17, 15) is 0 Å². The molecule has 1 unspecified atom stereocenters. The fourth-order valence-corrected chi connectivity index (χ4v) is 3.30. The lowest BCUT2D eigenvalue weighted by Crippen LogP contribution is -2.24. The zero-order valence-electron chi connectivity index (χ0n) is 12.3. The van der Waals surface area contributed by atoms with Crippen molar-refractivity contribution in [2.45, 2.75) is 43.4 Å². The minimum absolute atomic E-state index is 0.334. The van der Waals surface area contributed by atoms with E-state index in [2.05, 4.69) is 58.1 Å². The van der Waals surface area contributed by atoms with Crippen molar-refractivity contribution >= 4 is 11.8 Å². The number of thioether (sulfide) groups is 1. The molecule has 0 aliphatic heterocycles. The lowest BCUT2D eigenvalue weighted by Gasteiger charge is -2.18. The summed E-state index contributed by atoms with van der Waals surface area (Å²) in [5.41, 5.74) is 1.32. The molecule has 1 atom stereocenters. The van der Waals surface area contributed by atoms with E-state index < -0.39 is 0 Å². The summed E-state index contributed by atoms with van der Waals surface area (Å²) in [5.74, 6) is 0.942. The van der Waals surface area contributed by atoms with Gasteiger partial charge in [-0.25, -0.2) is 4.68 Å². The molecule has 2 aromatic rings. The first-order valence-electron chi connectivity index (χ1n) is 7.57. The smallest absolute Gasteiger partial charge is 0.209 e. The quantitative estimate of drug-likeness (QED) is 0.760. The van der Waals surface area contributed by atoms with Gasteiger partial charge >= 0.3 is 0 Å².